The van der Waals surface area contributed by atoms with Crippen molar-refractivity contribution in [2.45, 2.75) is 4.90 Å². The zero-order chi connectivity index (χ0) is 18.8. The number of hydrogen-bond donors (Lipinski definition) is 0. The van der Waals surface area contributed by atoms with Gasteiger partial charge in [-0.25, -0.2) is 8.42 Å². The van der Waals surface area contributed by atoms with Crippen LogP contribution in [0.5, 0.6) is 5.75 Å². The van der Waals surface area contributed by atoms with Gasteiger partial charge in [-0.2, -0.15) is 0 Å². The second-order valence-corrected chi connectivity index (χ2v) is 7.30. The summed E-state index contributed by atoms with van der Waals surface area (Å²) in [6, 6.07) is 9.83. The lowest BCUT2D eigenvalue weighted by Crippen LogP contribution is -2.27. The molecule has 25 heavy (non-hydrogen) atoms. The molecule has 0 saturated carbocycles. The van der Waals surface area contributed by atoms with Crippen molar-refractivity contribution in [3.8, 4) is 5.75 Å². The van der Waals surface area contributed by atoms with E-state index in [1.54, 1.807) is 24.3 Å². The molecular weight excluding hydrogens is 348 g/mol. The molecule has 9 heteroatoms. The summed E-state index contributed by atoms with van der Waals surface area (Å²) in [6.07, 6.45) is 0.921. The predicted octanol–water partition coefficient (Wildman–Crippen LogP) is 2.28. The van der Waals surface area contributed by atoms with Gasteiger partial charge in [-0.3, -0.25) is 14.9 Å². The van der Waals surface area contributed by atoms with Gasteiger partial charge < -0.3 is 9.64 Å². The quantitative estimate of drug-likeness (QED) is 0.595. The number of para-hydroxylation sites is 2. The third-order valence-corrected chi connectivity index (χ3v) is 4.62. The monoisotopic (exact) mass is 364 g/mol. The first-order valence-corrected chi connectivity index (χ1v) is 8.95. The Balaban J connectivity index is 2.55. The summed E-state index contributed by atoms with van der Waals surface area (Å²) in [6.45, 7) is 0. The Bertz CT molecular complexity index is 939. The Labute approximate surface area is 144 Å². The first-order valence-electron chi connectivity index (χ1n) is 7.05. The Kier molecular flexibility index (Phi) is 5.07. The standard InChI is InChI=1S/C16H16N2O6S/c1-17(14-6-4-5-7-15(14)24-2)16(19)11-8-12(18(20)21)10-13(9-11)25(3,22)23/h4-10H,1-3H3. The van der Waals surface area contributed by atoms with E-state index in [2.05, 4.69) is 0 Å². The van der Waals surface area contributed by atoms with Gasteiger partial charge in [0.15, 0.2) is 9.84 Å². The molecule has 0 fully saturated rings. The zero-order valence-electron chi connectivity index (χ0n) is 13.8. The fourth-order valence-corrected chi connectivity index (χ4v) is 2.91. The van der Waals surface area contributed by atoms with Crippen molar-refractivity contribution >= 4 is 27.1 Å². The highest BCUT2D eigenvalue weighted by atomic mass is 32.2. The molecule has 0 heterocycles. The molecule has 8 nitrogen and oxygen atoms in total. The number of nitrogens with zero attached hydrogens (tertiary/aromatic N) is 2. The van der Waals surface area contributed by atoms with Crippen LogP contribution < -0.4 is 9.64 Å². The lowest BCUT2D eigenvalue weighted by atomic mass is 10.1. The van der Waals surface area contributed by atoms with Gasteiger partial charge in [0.2, 0.25) is 0 Å². The maximum Gasteiger partial charge on any atom is 0.271 e. The van der Waals surface area contributed by atoms with Crippen molar-refractivity contribution in [1.82, 2.24) is 0 Å². The number of hydrogen-bond acceptors (Lipinski definition) is 6. The van der Waals surface area contributed by atoms with Crippen LogP contribution in [0, 0.1) is 10.1 Å². The van der Waals surface area contributed by atoms with Crippen molar-refractivity contribution in [3.63, 3.8) is 0 Å². The summed E-state index contributed by atoms with van der Waals surface area (Å²) in [7, 11) is -0.796. The molecule has 1 amide bonds. The maximum atomic E-state index is 12.7. The van der Waals surface area contributed by atoms with Crippen LogP contribution in [-0.4, -0.2) is 39.7 Å². The number of anilines is 1. The number of ether oxygens (including phenoxy) is 1. The zero-order valence-corrected chi connectivity index (χ0v) is 14.6. The van der Waals surface area contributed by atoms with E-state index in [9.17, 15) is 23.3 Å². The van der Waals surface area contributed by atoms with Gasteiger partial charge in [-0.15, -0.1) is 0 Å². The molecular formula is C16H16N2O6S. The van der Waals surface area contributed by atoms with Crippen LogP contribution in [0.2, 0.25) is 0 Å². The highest BCUT2D eigenvalue weighted by Crippen LogP contribution is 2.29. The number of rotatable bonds is 5. The summed E-state index contributed by atoms with van der Waals surface area (Å²) < 4.78 is 28.7. The van der Waals surface area contributed by atoms with E-state index >= 15 is 0 Å². The summed E-state index contributed by atoms with van der Waals surface area (Å²) in [4.78, 5) is 24.0. The predicted molar refractivity (Wildman–Crippen MR) is 91.9 cm³/mol. The van der Waals surface area contributed by atoms with Gasteiger partial charge in [-0.1, -0.05) is 12.1 Å². The molecule has 0 aromatic heterocycles. The Morgan fingerprint density at radius 2 is 1.84 bits per heavy atom. The third kappa shape index (κ3) is 3.94. The Hall–Kier alpha value is -2.94. The smallest absolute Gasteiger partial charge is 0.271 e. The fourth-order valence-electron chi connectivity index (χ4n) is 2.24. The van der Waals surface area contributed by atoms with E-state index in [4.69, 9.17) is 4.74 Å². The number of amides is 1. The van der Waals surface area contributed by atoms with Gasteiger partial charge in [0.1, 0.15) is 5.75 Å². The summed E-state index contributed by atoms with van der Waals surface area (Å²) in [5.74, 6) is -0.162. The second kappa shape index (κ2) is 6.89. The lowest BCUT2D eigenvalue weighted by molar-refractivity contribution is -0.385. The summed E-state index contributed by atoms with van der Waals surface area (Å²) in [5.41, 5.74) is -0.134. The maximum absolute atomic E-state index is 12.7. The van der Waals surface area contributed by atoms with Crippen LogP contribution in [0.25, 0.3) is 0 Å². The number of methoxy groups -OCH3 is 1. The molecule has 0 spiro atoms. The van der Waals surface area contributed by atoms with Gasteiger partial charge in [0.05, 0.1) is 22.6 Å². The number of benzene rings is 2. The Morgan fingerprint density at radius 3 is 2.40 bits per heavy atom. The van der Waals surface area contributed by atoms with Crippen LogP contribution in [0.4, 0.5) is 11.4 Å². The van der Waals surface area contributed by atoms with Gasteiger partial charge in [0, 0.05) is 31.0 Å². The van der Waals surface area contributed by atoms with Crippen molar-refractivity contribution < 1.29 is 22.9 Å². The number of sulfone groups is 1. The van der Waals surface area contributed by atoms with Gasteiger partial charge in [0.25, 0.3) is 11.6 Å². The molecule has 0 bridgehead atoms. The highest BCUT2D eigenvalue weighted by Gasteiger charge is 2.22. The molecule has 2 aromatic carbocycles. The average Bonchev–Trinajstić information content (AvgIpc) is 2.59. The fraction of sp³-hybridized carbons (Fsp3) is 0.188. The summed E-state index contributed by atoms with van der Waals surface area (Å²) in [5, 5.41) is 11.1. The van der Waals surface area contributed by atoms with Gasteiger partial charge in [-0.05, 0) is 18.2 Å². The SMILES string of the molecule is COc1ccccc1N(C)C(=O)c1cc([N+](=O)[O-])cc(S(C)(=O)=O)c1. The van der Waals surface area contributed by atoms with E-state index in [-0.39, 0.29) is 10.5 Å². The normalized spacial score (nSPS) is 11.0. The van der Waals surface area contributed by atoms with Crippen molar-refractivity contribution in [3.05, 3.63) is 58.1 Å². The topological polar surface area (TPSA) is 107 Å². The van der Waals surface area contributed by atoms with E-state index in [0.717, 1.165) is 24.5 Å². The van der Waals surface area contributed by atoms with Crippen LogP contribution >= 0.6 is 0 Å². The molecule has 0 unspecified atom stereocenters. The van der Waals surface area contributed by atoms with Crippen LogP contribution in [-0.2, 0) is 9.84 Å². The first kappa shape index (κ1) is 18.4. The molecule has 2 rings (SSSR count). The molecule has 0 aliphatic rings. The van der Waals surface area contributed by atoms with Crippen LogP contribution in [0.3, 0.4) is 0 Å². The minimum absolute atomic E-state index is 0.108. The van der Waals surface area contributed by atoms with E-state index in [1.807, 2.05) is 0 Å². The largest absolute Gasteiger partial charge is 0.495 e. The van der Waals surface area contributed by atoms with Crippen molar-refractivity contribution in [2.24, 2.45) is 0 Å². The van der Waals surface area contributed by atoms with Gasteiger partial charge >= 0.3 is 0 Å². The third-order valence-electron chi connectivity index (χ3n) is 3.53. The second-order valence-electron chi connectivity index (χ2n) is 5.28. The number of carbonyl (C=O) groups is 1. The summed E-state index contributed by atoms with van der Waals surface area (Å²) >= 11 is 0. The van der Waals surface area contributed by atoms with E-state index in [0.29, 0.717) is 11.4 Å². The van der Waals surface area contributed by atoms with Crippen molar-refractivity contribution in [1.29, 1.82) is 0 Å². The van der Waals surface area contributed by atoms with E-state index < -0.39 is 26.4 Å². The van der Waals surface area contributed by atoms with Crippen LogP contribution in [0.1, 0.15) is 10.4 Å². The lowest BCUT2D eigenvalue weighted by Gasteiger charge is -2.20. The average molecular weight is 364 g/mol. The van der Waals surface area contributed by atoms with Crippen LogP contribution in [0.15, 0.2) is 47.4 Å². The number of non-ortho nitro benzene ring substituents is 1. The minimum atomic E-state index is -3.72. The molecule has 2 aromatic rings. The number of nitro groups is 1. The molecule has 0 N–H and O–H groups in total. The molecule has 132 valence electrons. The molecule has 0 radical (unpaired) electrons. The van der Waals surface area contributed by atoms with E-state index in [1.165, 1.54) is 19.1 Å². The minimum Gasteiger partial charge on any atom is -0.495 e. The van der Waals surface area contributed by atoms with Crippen molar-refractivity contribution in [2.75, 3.05) is 25.3 Å². The first-order chi connectivity index (χ1) is 11.6. The molecule has 0 aliphatic heterocycles. The Morgan fingerprint density at radius 1 is 1.20 bits per heavy atom. The highest BCUT2D eigenvalue weighted by molar-refractivity contribution is 7.90. The molecule has 0 saturated heterocycles. The number of carbonyl (C=O) groups excluding carboxylic acids is 1. The number of nitro benzene ring substituents is 1. The molecule has 0 aliphatic carbocycles. The molecule has 0 atom stereocenters.